The van der Waals surface area contributed by atoms with Gasteiger partial charge in [0.25, 0.3) is 0 Å². The quantitative estimate of drug-likeness (QED) is 0.739. The molecule has 31 heavy (non-hydrogen) atoms. The molecule has 0 radical (unpaired) electrons. The molecule has 1 saturated heterocycles. The maximum Gasteiger partial charge on any atom is 0.230 e. The smallest absolute Gasteiger partial charge is 0.230 e. The summed E-state index contributed by atoms with van der Waals surface area (Å²) in [4.78, 5) is 16.0. The van der Waals surface area contributed by atoms with Crippen molar-refractivity contribution in [3.05, 3.63) is 47.3 Å². The number of aromatic hydroxyl groups is 1. The molecule has 6 heteroatoms. The van der Waals surface area contributed by atoms with Crippen molar-refractivity contribution in [2.45, 2.75) is 84.0 Å². The van der Waals surface area contributed by atoms with Crippen LogP contribution >= 0.6 is 0 Å². The highest BCUT2D eigenvalue weighted by atomic mass is 16.3. The van der Waals surface area contributed by atoms with Gasteiger partial charge in [-0.25, -0.2) is 0 Å². The molecular formula is C25H36N4O2. The second-order valence-electron chi connectivity index (χ2n) is 9.45. The van der Waals surface area contributed by atoms with Gasteiger partial charge in [0.1, 0.15) is 5.75 Å². The maximum atomic E-state index is 14.0. The summed E-state index contributed by atoms with van der Waals surface area (Å²) < 4.78 is 1.92. The van der Waals surface area contributed by atoms with Crippen molar-refractivity contribution in [2.24, 2.45) is 5.92 Å². The first-order chi connectivity index (χ1) is 15.0. The topological polar surface area (TPSA) is 70.4 Å². The number of amides is 1. The fourth-order valence-electron chi connectivity index (χ4n) is 5.23. The summed E-state index contributed by atoms with van der Waals surface area (Å²) in [5, 5.41) is 18.4. The van der Waals surface area contributed by atoms with E-state index in [0.717, 1.165) is 61.9 Å². The van der Waals surface area contributed by atoms with Crippen LogP contribution in [0.15, 0.2) is 30.6 Å². The summed E-state index contributed by atoms with van der Waals surface area (Å²) in [6.45, 7) is 8.82. The van der Waals surface area contributed by atoms with Crippen molar-refractivity contribution in [3.8, 4) is 5.75 Å². The number of fused-ring (bicyclic) bond motifs is 1. The Morgan fingerprint density at radius 3 is 2.84 bits per heavy atom. The van der Waals surface area contributed by atoms with Crippen LogP contribution in [0, 0.1) is 5.92 Å². The van der Waals surface area contributed by atoms with Crippen LogP contribution in [0.4, 0.5) is 0 Å². The Hall–Kier alpha value is -2.34. The number of benzene rings is 1. The number of rotatable bonds is 6. The summed E-state index contributed by atoms with van der Waals surface area (Å²) in [5.41, 5.74) is 3.04. The van der Waals surface area contributed by atoms with E-state index >= 15 is 0 Å². The van der Waals surface area contributed by atoms with Crippen molar-refractivity contribution in [1.82, 2.24) is 20.0 Å². The number of piperidine rings is 1. The van der Waals surface area contributed by atoms with Gasteiger partial charge < -0.3 is 15.3 Å². The number of carbonyl (C=O) groups is 1. The number of aryl methyl sites for hydroxylation is 1. The zero-order valence-electron chi connectivity index (χ0n) is 19.1. The fourth-order valence-corrected chi connectivity index (χ4v) is 5.23. The van der Waals surface area contributed by atoms with Crippen LogP contribution in [0.25, 0.3) is 0 Å². The third-order valence-electron chi connectivity index (χ3n) is 7.10. The van der Waals surface area contributed by atoms with E-state index in [2.05, 4.69) is 36.1 Å². The Morgan fingerprint density at radius 2 is 2.16 bits per heavy atom. The van der Waals surface area contributed by atoms with Crippen LogP contribution in [-0.2, 0) is 24.3 Å². The van der Waals surface area contributed by atoms with Crippen LogP contribution in [0.3, 0.4) is 0 Å². The number of nitrogens with one attached hydrogen (secondary N) is 1. The lowest BCUT2D eigenvalue weighted by Crippen LogP contribution is -2.53. The number of hydrogen-bond donors (Lipinski definition) is 2. The van der Waals surface area contributed by atoms with Gasteiger partial charge in [-0.1, -0.05) is 26.0 Å². The standard InChI is InChI=1S/C25H36N4O2/c1-4-28-15-18(13-27-28)16-29(19-11-12-23(17(2)3)26-14-19)25(31)22-9-5-8-21-20(22)7-6-10-24(21)30/h6-7,10,13,15,17,19,22-23,26,30H,4-5,8-9,11-12,14,16H2,1-3H3. The molecule has 3 unspecified atom stereocenters. The molecule has 2 N–H and O–H groups in total. The first kappa shape index (κ1) is 21.9. The van der Waals surface area contributed by atoms with Gasteiger partial charge in [-0.05, 0) is 62.1 Å². The van der Waals surface area contributed by atoms with E-state index in [0.29, 0.717) is 24.3 Å². The van der Waals surface area contributed by atoms with Gasteiger partial charge in [0.15, 0.2) is 0 Å². The van der Waals surface area contributed by atoms with Crippen LogP contribution in [0.1, 0.15) is 69.1 Å². The number of phenolic OH excluding ortho intramolecular Hbond substituents is 1. The zero-order valence-corrected chi connectivity index (χ0v) is 19.1. The molecule has 0 bridgehead atoms. The largest absolute Gasteiger partial charge is 0.508 e. The molecule has 3 atom stereocenters. The molecule has 1 aliphatic carbocycles. The molecule has 2 aliphatic rings. The van der Waals surface area contributed by atoms with Crippen molar-refractivity contribution >= 4 is 5.91 Å². The first-order valence-electron chi connectivity index (χ1n) is 11.8. The number of hydrogen-bond acceptors (Lipinski definition) is 4. The number of nitrogens with zero attached hydrogens (tertiary/aromatic N) is 3. The monoisotopic (exact) mass is 424 g/mol. The lowest BCUT2D eigenvalue weighted by Gasteiger charge is -2.41. The normalized spacial score (nSPS) is 23.5. The van der Waals surface area contributed by atoms with E-state index in [1.807, 2.05) is 29.2 Å². The number of carbonyl (C=O) groups excluding carboxylic acids is 1. The predicted octanol–water partition coefficient (Wildman–Crippen LogP) is 3.83. The third-order valence-corrected chi connectivity index (χ3v) is 7.10. The van der Waals surface area contributed by atoms with Gasteiger partial charge in [-0.3, -0.25) is 9.48 Å². The zero-order chi connectivity index (χ0) is 22.0. The Kier molecular flexibility index (Phi) is 6.65. The van der Waals surface area contributed by atoms with E-state index in [1.54, 1.807) is 6.07 Å². The van der Waals surface area contributed by atoms with Crippen molar-refractivity contribution in [2.75, 3.05) is 6.54 Å². The minimum absolute atomic E-state index is 0.176. The van der Waals surface area contributed by atoms with Crippen LogP contribution < -0.4 is 5.32 Å². The maximum absolute atomic E-state index is 14.0. The minimum Gasteiger partial charge on any atom is -0.508 e. The highest BCUT2D eigenvalue weighted by Crippen LogP contribution is 2.38. The summed E-state index contributed by atoms with van der Waals surface area (Å²) in [6, 6.07) is 6.32. The molecule has 2 heterocycles. The molecule has 1 aromatic heterocycles. The molecule has 168 valence electrons. The Balaban J connectivity index is 1.60. The Morgan fingerprint density at radius 1 is 1.32 bits per heavy atom. The minimum atomic E-state index is -0.181. The molecule has 1 amide bonds. The lowest BCUT2D eigenvalue weighted by molar-refractivity contribution is -0.137. The summed E-state index contributed by atoms with van der Waals surface area (Å²) in [7, 11) is 0. The lowest BCUT2D eigenvalue weighted by atomic mass is 9.81. The van der Waals surface area contributed by atoms with Crippen molar-refractivity contribution < 1.29 is 9.90 Å². The molecule has 0 saturated carbocycles. The van der Waals surface area contributed by atoms with Crippen LogP contribution in [0.2, 0.25) is 0 Å². The molecule has 1 fully saturated rings. The van der Waals surface area contributed by atoms with Crippen molar-refractivity contribution in [1.29, 1.82) is 0 Å². The summed E-state index contributed by atoms with van der Waals surface area (Å²) >= 11 is 0. The molecule has 1 aliphatic heterocycles. The van der Waals surface area contributed by atoms with Crippen LogP contribution in [0.5, 0.6) is 5.75 Å². The second-order valence-corrected chi connectivity index (χ2v) is 9.45. The highest BCUT2D eigenvalue weighted by Gasteiger charge is 2.36. The van der Waals surface area contributed by atoms with Gasteiger partial charge in [-0.2, -0.15) is 5.10 Å². The third kappa shape index (κ3) is 4.64. The van der Waals surface area contributed by atoms with E-state index in [-0.39, 0.29) is 17.9 Å². The molecule has 4 rings (SSSR count). The van der Waals surface area contributed by atoms with Gasteiger partial charge in [0.2, 0.25) is 5.91 Å². The molecule has 2 aromatic rings. The molecule has 0 spiro atoms. The van der Waals surface area contributed by atoms with Crippen LogP contribution in [-0.4, -0.2) is 44.3 Å². The van der Waals surface area contributed by atoms with E-state index < -0.39 is 0 Å². The SMILES string of the molecule is CCn1cc(CN(C(=O)C2CCCc3c(O)cccc32)C2CCC(C(C)C)NC2)cn1. The number of aromatic nitrogens is 2. The van der Waals surface area contributed by atoms with E-state index in [1.165, 1.54) is 0 Å². The van der Waals surface area contributed by atoms with Gasteiger partial charge in [-0.15, -0.1) is 0 Å². The Bertz CT molecular complexity index is 899. The highest BCUT2D eigenvalue weighted by molar-refractivity contribution is 5.85. The predicted molar refractivity (Wildman–Crippen MR) is 122 cm³/mol. The molecule has 1 aromatic carbocycles. The van der Waals surface area contributed by atoms with Gasteiger partial charge in [0, 0.05) is 43.5 Å². The van der Waals surface area contributed by atoms with Gasteiger partial charge >= 0.3 is 0 Å². The summed E-state index contributed by atoms with van der Waals surface area (Å²) in [5.74, 6) is 0.927. The summed E-state index contributed by atoms with van der Waals surface area (Å²) in [6.07, 6.45) is 8.66. The second kappa shape index (κ2) is 9.43. The van der Waals surface area contributed by atoms with Crippen molar-refractivity contribution in [3.63, 3.8) is 0 Å². The van der Waals surface area contributed by atoms with Gasteiger partial charge in [0.05, 0.1) is 12.1 Å². The van der Waals surface area contributed by atoms with E-state index in [4.69, 9.17) is 0 Å². The molecular weight excluding hydrogens is 388 g/mol. The average Bonchev–Trinajstić information content (AvgIpc) is 3.25. The fraction of sp³-hybridized carbons (Fsp3) is 0.600. The van der Waals surface area contributed by atoms with E-state index in [9.17, 15) is 9.90 Å². The average molecular weight is 425 g/mol. The Labute approximate surface area is 185 Å². The first-order valence-corrected chi connectivity index (χ1v) is 11.8. The number of phenols is 1. The molecule has 6 nitrogen and oxygen atoms in total.